The maximum atomic E-state index is 10.7. The van der Waals surface area contributed by atoms with Gasteiger partial charge < -0.3 is 14.6 Å². The minimum absolute atomic E-state index is 0.240. The molecule has 0 heterocycles. The summed E-state index contributed by atoms with van der Waals surface area (Å²) in [6.07, 6.45) is -1.38. The molecule has 1 rings (SSSR count). The molecule has 0 aliphatic carbocycles. The van der Waals surface area contributed by atoms with Gasteiger partial charge in [-0.15, -0.1) is 0 Å². The first-order valence-electron chi connectivity index (χ1n) is 4.72. The first-order valence-corrected chi connectivity index (χ1v) is 6.33. The highest BCUT2D eigenvalue weighted by atomic mass is 32.2. The Labute approximate surface area is 99.5 Å². The zero-order valence-electron chi connectivity index (χ0n) is 9.45. The summed E-state index contributed by atoms with van der Waals surface area (Å²) in [6, 6.07) is 4.61. The Hall–Kier alpha value is -1.31. The summed E-state index contributed by atoms with van der Waals surface area (Å²) in [5.74, 6) is -0.0200. The van der Waals surface area contributed by atoms with Gasteiger partial charge in [-0.1, -0.05) is 0 Å². The van der Waals surface area contributed by atoms with E-state index in [1.165, 1.54) is 20.3 Å². The van der Waals surface area contributed by atoms with E-state index in [-0.39, 0.29) is 5.56 Å². The summed E-state index contributed by atoms with van der Waals surface area (Å²) in [6.45, 7) is 0. The zero-order valence-corrected chi connectivity index (χ0v) is 10.3. The van der Waals surface area contributed by atoms with Gasteiger partial charge in [-0.2, -0.15) is 8.42 Å². The monoisotopic (exact) mass is 262 g/mol. The van der Waals surface area contributed by atoms with Crippen LogP contribution >= 0.6 is 0 Å². The molecule has 0 aliphatic rings. The van der Waals surface area contributed by atoms with E-state index >= 15 is 0 Å². The molecular weight excluding hydrogens is 248 g/mol. The van der Waals surface area contributed by atoms with Crippen molar-refractivity contribution in [2.45, 2.75) is 6.10 Å². The van der Waals surface area contributed by atoms with Crippen molar-refractivity contribution >= 4 is 10.1 Å². The maximum absolute atomic E-state index is 10.7. The molecule has 1 aromatic rings. The van der Waals surface area contributed by atoms with Gasteiger partial charge in [0, 0.05) is 5.56 Å². The Balaban J connectivity index is 3.09. The molecule has 6 nitrogen and oxygen atoms in total. The number of methoxy groups -OCH3 is 2. The van der Waals surface area contributed by atoms with Crippen LogP contribution in [0.25, 0.3) is 0 Å². The number of aliphatic hydroxyl groups is 1. The van der Waals surface area contributed by atoms with Crippen LogP contribution in [-0.2, 0) is 10.1 Å². The first kappa shape index (κ1) is 13.8. The van der Waals surface area contributed by atoms with Crippen molar-refractivity contribution in [1.29, 1.82) is 0 Å². The molecule has 0 bridgehead atoms. The Morgan fingerprint density at radius 2 is 1.94 bits per heavy atom. The van der Waals surface area contributed by atoms with Crippen LogP contribution in [0.3, 0.4) is 0 Å². The molecule has 0 saturated heterocycles. The molecule has 0 aromatic heterocycles. The molecule has 17 heavy (non-hydrogen) atoms. The van der Waals surface area contributed by atoms with Gasteiger partial charge in [0.25, 0.3) is 10.1 Å². The van der Waals surface area contributed by atoms with Crippen LogP contribution in [0.15, 0.2) is 18.2 Å². The minimum Gasteiger partial charge on any atom is -0.497 e. The lowest BCUT2D eigenvalue weighted by molar-refractivity contribution is 0.193. The second kappa shape index (κ2) is 5.35. The average Bonchev–Trinajstić information content (AvgIpc) is 2.25. The minimum atomic E-state index is -4.26. The van der Waals surface area contributed by atoms with E-state index in [4.69, 9.17) is 14.0 Å². The molecule has 0 aliphatic heterocycles. The Morgan fingerprint density at radius 3 is 2.41 bits per heavy atom. The number of benzene rings is 1. The molecular formula is C10H14O6S. The number of rotatable bonds is 5. The van der Waals surface area contributed by atoms with Crippen molar-refractivity contribution in [2.24, 2.45) is 0 Å². The van der Waals surface area contributed by atoms with Crippen molar-refractivity contribution in [2.75, 3.05) is 20.0 Å². The molecule has 0 fully saturated rings. The van der Waals surface area contributed by atoms with Crippen molar-refractivity contribution in [3.63, 3.8) is 0 Å². The number of hydrogen-bond donors (Lipinski definition) is 2. The smallest absolute Gasteiger partial charge is 0.267 e. The van der Waals surface area contributed by atoms with Crippen LogP contribution in [0.5, 0.6) is 11.5 Å². The largest absolute Gasteiger partial charge is 0.497 e. The van der Waals surface area contributed by atoms with E-state index in [0.717, 1.165) is 0 Å². The number of hydrogen-bond acceptors (Lipinski definition) is 5. The lowest BCUT2D eigenvalue weighted by Crippen LogP contribution is -2.14. The van der Waals surface area contributed by atoms with Crippen LogP contribution in [0.2, 0.25) is 0 Å². The highest BCUT2D eigenvalue weighted by Gasteiger charge is 2.20. The van der Waals surface area contributed by atoms with Gasteiger partial charge in [0.05, 0.1) is 20.3 Å². The van der Waals surface area contributed by atoms with Crippen LogP contribution in [-0.4, -0.2) is 38.0 Å². The normalized spacial score (nSPS) is 13.2. The number of ether oxygens (including phenoxy) is 2. The van der Waals surface area contributed by atoms with Gasteiger partial charge in [-0.05, 0) is 18.2 Å². The van der Waals surface area contributed by atoms with Crippen molar-refractivity contribution in [3.8, 4) is 11.5 Å². The molecule has 7 heteroatoms. The fourth-order valence-corrected chi connectivity index (χ4v) is 1.97. The van der Waals surface area contributed by atoms with E-state index in [9.17, 15) is 13.5 Å². The second-order valence-corrected chi connectivity index (χ2v) is 4.87. The first-order chi connectivity index (χ1) is 7.87. The maximum Gasteiger partial charge on any atom is 0.267 e. The Kier molecular flexibility index (Phi) is 4.33. The van der Waals surface area contributed by atoms with Crippen LogP contribution < -0.4 is 9.47 Å². The summed E-state index contributed by atoms with van der Waals surface area (Å²) < 4.78 is 40.0. The third-order valence-electron chi connectivity index (χ3n) is 2.16. The average molecular weight is 262 g/mol. The van der Waals surface area contributed by atoms with Gasteiger partial charge >= 0.3 is 0 Å². The van der Waals surface area contributed by atoms with Crippen LogP contribution in [0.4, 0.5) is 0 Å². The van der Waals surface area contributed by atoms with E-state index in [2.05, 4.69) is 0 Å². The predicted octanol–water partition coefficient (Wildman–Crippen LogP) is 0.625. The van der Waals surface area contributed by atoms with Gasteiger partial charge in [-0.3, -0.25) is 4.55 Å². The quantitative estimate of drug-likeness (QED) is 0.756. The molecule has 2 N–H and O–H groups in total. The number of aliphatic hydroxyl groups excluding tert-OH is 1. The molecule has 1 atom stereocenters. The topological polar surface area (TPSA) is 93.1 Å². The molecule has 0 radical (unpaired) electrons. The summed E-state index contributed by atoms with van der Waals surface area (Å²) in [7, 11) is -1.42. The Morgan fingerprint density at radius 1 is 1.29 bits per heavy atom. The van der Waals surface area contributed by atoms with Crippen LogP contribution in [0.1, 0.15) is 11.7 Å². The molecule has 96 valence electrons. The molecule has 1 unspecified atom stereocenters. The summed E-state index contributed by atoms with van der Waals surface area (Å²) in [5, 5.41) is 9.71. The van der Waals surface area contributed by atoms with E-state index in [0.29, 0.717) is 11.5 Å². The lowest BCUT2D eigenvalue weighted by Gasteiger charge is -2.14. The van der Waals surface area contributed by atoms with E-state index in [1.807, 2.05) is 0 Å². The van der Waals surface area contributed by atoms with Gasteiger partial charge in [-0.25, -0.2) is 0 Å². The summed E-state index contributed by atoms with van der Waals surface area (Å²) in [4.78, 5) is 0. The molecule has 0 spiro atoms. The molecule has 1 aromatic carbocycles. The SMILES string of the molecule is COc1ccc(OC)c(C(O)CS(=O)(=O)O)c1. The summed E-state index contributed by atoms with van der Waals surface area (Å²) >= 11 is 0. The highest BCUT2D eigenvalue weighted by Crippen LogP contribution is 2.29. The van der Waals surface area contributed by atoms with E-state index in [1.54, 1.807) is 12.1 Å². The Bertz CT molecular complexity index is 482. The highest BCUT2D eigenvalue weighted by molar-refractivity contribution is 7.85. The van der Waals surface area contributed by atoms with Gasteiger partial charge in [0.1, 0.15) is 17.3 Å². The second-order valence-electron chi connectivity index (χ2n) is 3.37. The predicted molar refractivity (Wildman–Crippen MR) is 60.9 cm³/mol. The van der Waals surface area contributed by atoms with Crippen LogP contribution in [0, 0.1) is 0 Å². The van der Waals surface area contributed by atoms with Gasteiger partial charge in [0.15, 0.2) is 0 Å². The molecule has 0 amide bonds. The standard InChI is InChI=1S/C10H14O6S/c1-15-7-3-4-10(16-2)8(5-7)9(11)6-17(12,13)14/h3-5,9,11H,6H2,1-2H3,(H,12,13,14). The van der Waals surface area contributed by atoms with Gasteiger partial charge in [0.2, 0.25) is 0 Å². The van der Waals surface area contributed by atoms with Crippen molar-refractivity contribution in [3.05, 3.63) is 23.8 Å². The van der Waals surface area contributed by atoms with E-state index < -0.39 is 22.0 Å². The van der Waals surface area contributed by atoms with Crippen molar-refractivity contribution < 1.29 is 27.6 Å². The summed E-state index contributed by atoms with van der Waals surface area (Å²) in [5.41, 5.74) is 0.240. The lowest BCUT2D eigenvalue weighted by atomic mass is 10.1. The van der Waals surface area contributed by atoms with Crippen molar-refractivity contribution in [1.82, 2.24) is 0 Å². The fraction of sp³-hybridized carbons (Fsp3) is 0.400. The molecule has 0 saturated carbocycles. The fourth-order valence-electron chi connectivity index (χ4n) is 1.39. The zero-order chi connectivity index (χ0) is 13.1. The third-order valence-corrected chi connectivity index (χ3v) is 2.90. The third kappa shape index (κ3) is 3.88.